The summed E-state index contributed by atoms with van der Waals surface area (Å²) in [5.41, 5.74) is 0. The monoisotopic (exact) mass is 974 g/mol. The zero-order valence-electron chi connectivity index (χ0n) is 46.6. The second kappa shape index (κ2) is 57.7. The second-order valence-electron chi connectivity index (χ2n) is 21.7. The van der Waals surface area contributed by atoms with Gasteiger partial charge in [0.2, 0.25) is 5.91 Å². The Labute approximate surface area is 431 Å². The van der Waals surface area contributed by atoms with Crippen molar-refractivity contribution in [2.24, 2.45) is 0 Å². The first-order chi connectivity index (χ1) is 34.0. The maximum atomic E-state index is 12.6. The van der Waals surface area contributed by atoms with Crippen LogP contribution in [0.4, 0.5) is 0 Å². The molecule has 410 valence electrons. The Bertz CT molecular complexity index is 1050. The summed E-state index contributed by atoms with van der Waals surface area (Å²) in [5.74, 6) is -0.591. The van der Waals surface area contributed by atoms with Crippen LogP contribution in [0.25, 0.3) is 0 Å². The summed E-state index contributed by atoms with van der Waals surface area (Å²) >= 11 is 0. The smallest absolute Gasteiger partial charge is 0.249 e. The molecule has 0 radical (unpaired) electrons. The van der Waals surface area contributed by atoms with Crippen LogP contribution in [0, 0.1) is 0 Å². The molecule has 1 amide bonds. The van der Waals surface area contributed by atoms with Crippen molar-refractivity contribution in [2.45, 2.75) is 366 Å². The van der Waals surface area contributed by atoms with Crippen molar-refractivity contribution >= 4 is 5.91 Å². The second-order valence-corrected chi connectivity index (χ2v) is 21.7. The predicted molar refractivity (Wildman–Crippen MR) is 302 cm³/mol. The molecule has 0 saturated heterocycles. The van der Waals surface area contributed by atoms with Gasteiger partial charge in [0.15, 0.2) is 0 Å². The topological polar surface area (TPSA) is 110 Å². The highest BCUT2D eigenvalue weighted by Gasteiger charge is 2.28. The molecule has 0 aromatic rings. The van der Waals surface area contributed by atoms with Crippen molar-refractivity contribution in [3.63, 3.8) is 0 Å². The summed E-state index contributed by atoms with van der Waals surface area (Å²) in [6, 6.07) is -1.01. The number of amides is 1. The van der Waals surface area contributed by atoms with Crippen LogP contribution in [0.2, 0.25) is 0 Å². The zero-order chi connectivity index (χ0) is 50.2. The largest absolute Gasteiger partial charge is 0.394 e. The van der Waals surface area contributed by atoms with Gasteiger partial charge in [-0.1, -0.05) is 314 Å². The molecule has 6 heteroatoms. The van der Waals surface area contributed by atoms with Crippen LogP contribution in [0.3, 0.4) is 0 Å². The molecule has 69 heavy (non-hydrogen) atoms. The van der Waals surface area contributed by atoms with Crippen LogP contribution in [0.5, 0.6) is 0 Å². The summed E-state index contributed by atoms with van der Waals surface area (Å²) in [7, 11) is 0. The first-order valence-electron chi connectivity index (χ1n) is 31.2. The van der Waals surface area contributed by atoms with Gasteiger partial charge >= 0.3 is 0 Å². The van der Waals surface area contributed by atoms with E-state index in [2.05, 4.69) is 43.5 Å². The minimum absolute atomic E-state index is 0.365. The number of carbonyl (C=O) groups excluding carboxylic acids is 1. The van der Waals surface area contributed by atoms with Crippen molar-refractivity contribution in [3.8, 4) is 0 Å². The fourth-order valence-electron chi connectivity index (χ4n) is 10.0. The lowest BCUT2D eigenvalue weighted by atomic mass is 10.00. The van der Waals surface area contributed by atoms with E-state index in [9.17, 15) is 25.2 Å². The lowest BCUT2D eigenvalue weighted by molar-refractivity contribution is -0.132. The molecule has 6 nitrogen and oxygen atoms in total. The molecule has 0 saturated carbocycles. The lowest BCUT2D eigenvalue weighted by Crippen LogP contribution is -2.53. The first-order valence-corrected chi connectivity index (χ1v) is 31.2. The third kappa shape index (κ3) is 51.5. The SMILES string of the molecule is CCCCCCCCCCCCCC/C=C/CC/C=C/CCCC(O)C(O)C(CO)NC(=O)C(O)CCCCCCCCCCCCCCCCCCCCCCCCCCCCCCCCCC. The van der Waals surface area contributed by atoms with Crippen molar-refractivity contribution < 1.29 is 25.2 Å². The molecule has 0 aliphatic heterocycles. The Morgan fingerprint density at radius 1 is 0.348 bits per heavy atom. The number of hydrogen-bond donors (Lipinski definition) is 5. The molecular weight excluding hydrogens is 851 g/mol. The molecule has 0 aliphatic carbocycles. The van der Waals surface area contributed by atoms with Gasteiger partial charge in [-0.15, -0.1) is 0 Å². The molecule has 0 aliphatic rings. The van der Waals surface area contributed by atoms with Crippen LogP contribution < -0.4 is 5.32 Å². The summed E-state index contributed by atoms with van der Waals surface area (Å²) < 4.78 is 0. The van der Waals surface area contributed by atoms with Crippen LogP contribution >= 0.6 is 0 Å². The number of aliphatic hydroxyl groups excluding tert-OH is 4. The van der Waals surface area contributed by atoms with E-state index in [1.807, 2.05) is 0 Å². The summed E-state index contributed by atoms with van der Waals surface area (Å²) in [6.45, 7) is 4.08. The van der Waals surface area contributed by atoms with Crippen LogP contribution in [-0.2, 0) is 4.79 Å². The molecule has 0 bridgehead atoms. The van der Waals surface area contributed by atoms with Crippen molar-refractivity contribution in [2.75, 3.05) is 6.61 Å². The molecule has 5 N–H and O–H groups in total. The number of hydrogen-bond acceptors (Lipinski definition) is 5. The van der Waals surface area contributed by atoms with Crippen molar-refractivity contribution in [3.05, 3.63) is 24.3 Å². The van der Waals surface area contributed by atoms with E-state index in [4.69, 9.17) is 0 Å². The average molecular weight is 975 g/mol. The molecule has 0 aromatic carbocycles. The van der Waals surface area contributed by atoms with E-state index in [-0.39, 0.29) is 0 Å². The Hall–Kier alpha value is -1.21. The van der Waals surface area contributed by atoms with Crippen LogP contribution in [0.15, 0.2) is 24.3 Å². The van der Waals surface area contributed by atoms with Crippen molar-refractivity contribution in [1.29, 1.82) is 0 Å². The van der Waals surface area contributed by atoms with Gasteiger partial charge < -0.3 is 25.7 Å². The maximum Gasteiger partial charge on any atom is 0.249 e. The Balaban J connectivity index is 3.58. The van der Waals surface area contributed by atoms with Gasteiger partial charge in [0.1, 0.15) is 12.2 Å². The zero-order valence-corrected chi connectivity index (χ0v) is 46.6. The summed E-state index contributed by atoms with van der Waals surface area (Å²) in [6.07, 6.45) is 71.4. The molecule has 4 unspecified atom stereocenters. The number of nitrogens with one attached hydrogen (secondary N) is 1. The van der Waals surface area contributed by atoms with E-state index in [1.54, 1.807) is 0 Å². The van der Waals surface area contributed by atoms with Crippen molar-refractivity contribution in [1.82, 2.24) is 5.32 Å². The van der Waals surface area contributed by atoms with E-state index in [1.165, 1.54) is 270 Å². The van der Waals surface area contributed by atoms with Gasteiger partial charge in [0.25, 0.3) is 0 Å². The summed E-state index contributed by atoms with van der Waals surface area (Å²) in [5, 5.41) is 44.0. The predicted octanol–water partition coefficient (Wildman–Crippen LogP) is 18.6. The molecule has 0 heterocycles. The number of carbonyl (C=O) groups is 1. The number of aliphatic hydroxyl groups is 4. The third-order valence-corrected chi connectivity index (χ3v) is 14.9. The highest BCUT2D eigenvalue weighted by atomic mass is 16.3. The molecular formula is C63H123NO5. The first kappa shape index (κ1) is 67.8. The fraction of sp³-hybridized carbons (Fsp3) is 0.921. The Morgan fingerprint density at radius 2 is 0.609 bits per heavy atom. The highest BCUT2D eigenvalue weighted by molar-refractivity contribution is 5.80. The van der Waals surface area contributed by atoms with E-state index in [0.29, 0.717) is 19.3 Å². The lowest BCUT2D eigenvalue weighted by Gasteiger charge is -2.27. The van der Waals surface area contributed by atoms with Gasteiger partial charge in [-0.3, -0.25) is 4.79 Å². The third-order valence-electron chi connectivity index (χ3n) is 14.9. The van der Waals surface area contributed by atoms with Gasteiger partial charge in [0, 0.05) is 0 Å². The minimum atomic E-state index is -1.29. The maximum absolute atomic E-state index is 12.6. The molecule has 0 rings (SSSR count). The summed E-state index contributed by atoms with van der Waals surface area (Å²) in [4.78, 5) is 12.6. The normalized spacial score (nSPS) is 13.8. The number of unbranched alkanes of at least 4 members (excludes halogenated alkanes) is 45. The van der Waals surface area contributed by atoms with Crippen LogP contribution in [-0.4, -0.2) is 57.3 Å². The fourth-order valence-corrected chi connectivity index (χ4v) is 10.0. The van der Waals surface area contributed by atoms with E-state index in [0.717, 1.165) is 38.5 Å². The number of rotatable bonds is 58. The molecule has 0 aromatic heterocycles. The van der Waals surface area contributed by atoms with Gasteiger partial charge in [-0.25, -0.2) is 0 Å². The van der Waals surface area contributed by atoms with Crippen LogP contribution in [0.1, 0.15) is 341 Å². The minimum Gasteiger partial charge on any atom is -0.394 e. The number of allylic oxidation sites excluding steroid dienone is 4. The Kier molecular flexibility index (Phi) is 56.7. The molecule has 0 fully saturated rings. The Morgan fingerprint density at radius 3 is 0.913 bits per heavy atom. The van der Waals surface area contributed by atoms with Gasteiger partial charge in [-0.2, -0.15) is 0 Å². The highest BCUT2D eigenvalue weighted by Crippen LogP contribution is 2.19. The van der Waals surface area contributed by atoms with Gasteiger partial charge in [-0.05, 0) is 51.4 Å². The average Bonchev–Trinajstić information content (AvgIpc) is 3.35. The van der Waals surface area contributed by atoms with E-state index >= 15 is 0 Å². The molecule has 4 atom stereocenters. The quantitative estimate of drug-likeness (QED) is 0.0308. The van der Waals surface area contributed by atoms with Gasteiger partial charge in [0.05, 0.1) is 18.8 Å². The standard InChI is InChI=1S/C63H123NO5/c1-3-5-7-9-11-13-15-17-19-21-23-25-26-27-28-29-30-31-32-33-34-35-37-39-41-43-45-47-49-51-53-55-57-61(67)63(69)64-59(58-65)62(68)60(66)56-54-52-50-48-46-44-42-40-38-36-24-22-20-18-16-14-12-10-8-6-4-2/h40,42,48,50,59-62,65-68H,3-39,41,43-47,49,51-58H2,1-2H3,(H,64,69)/b42-40+,50-48+. The van der Waals surface area contributed by atoms with E-state index < -0.39 is 36.9 Å². The molecule has 0 spiro atoms.